The van der Waals surface area contributed by atoms with Crippen molar-refractivity contribution in [1.82, 2.24) is 4.90 Å². The molecule has 3 N–H and O–H groups in total. The normalized spacial score (nSPS) is 10.8. The Bertz CT molecular complexity index is 440. The van der Waals surface area contributed by atoms with E-state index in [1.54, 1.807) is 0 Å². The second-order valence-corrected chi connectivity index (χ2v) is 6.03. The van der Waals surface area contributed by atoms with Gasteiger partial charge in [0.2, 0.25) is 5.91 Å². The number of hydrogen-bond donors (Lipinski definition) is 2. The first-order valence-electron chi connectivity index (χ1n) is 6.56. The molecule has 112 valence electrons. The average molecular weight is 299 g/mol. The molecule has 0 atom stereocenters. The maximum atomic E-state index is 13.0. The zero-order valence-corrected chi connectivity index (χ0v) is 12.8. The van der Waals surface area contributed by atoms with E-state index in [1.165, 1.54) is 18.2 Å². The van der Waals surface area contributed by atoms with E-state index in [4.69, 9.17) is 5.73 Å². The van der Waals surface area contributed by atoms with Gasteiger partial charge in [-0.1, -0.05) is 0 Å². The molecule has 0 saturated heterocycles. The van der Waals surface area contributed by atoms with Crippen molar-refractivity contribution in [3.63, 3.8) is 0 Å². The zero-order valence-electron chi connectivity index (χ0n) is 12.0. The lowest BCUT2D eigenvalue weighted by atomic mass is 10.2. The van der Waals surface area contributed by atoms with Crippen LogP contribution in [0.5, 0.6) is 0 Å². The van der Waals surface area contributed by atoms with Crippen LogP contribution in [0.25, 0.3) is 0 Å². The number of benzene rings is 1. The largest absolute Gasteiger partial charge is 0.396 e. The van der Waals surface area contributed by atoms with Crippen molar-refractivity contribution < 1.29 is 9.18 Å². The Morgan fingerprint density at radius 3 is 2.80 bits per heavy atom. The molecule has 0 radical (unpaired) electrons. The number of amides is 1. The van der Waals surface area contributed by atoms with Crippen molar-refractivity contribution in [1.29, 1.82) is 0 Å². The van der Waals surface area contributed by atoms with E-state index in [1.807, 2.05) is 25.9 Å². The summed E-state index contributed by atoms with van der Waals surface area (Å²) in [6.45, 7) is 1.05. The number of carbonyl (C=O) groups excluding carboxylic acids is 1. The van der Waals surface area contributed by atoms with Crippen LogP contribution in [0.2, 0.25) is 0 Å². The first-order valence-corrected chi connectivity index (χ1v) is 7.72. The average Bonchev–Trinajstić information content (AvgIpc) is 2.38. The van der Waals surface area contributed by atoms with Crippen molar-refractivity contribution in [2.24, 2.45) is 0 Å². The zero-order chi connectivity index (χ0) is 15.0. The second-order valence-electron chi connectivity index (χ2n) is 4.80. The highest BCUT2D eigenvalue weighted by molar-refractivity contribution is 7.99. The first kappa shape index (κ1) is 16.8. The first-order chi connectivity index (χ1) is 9.49. The summed E-state index contributed by atoms with van der Waals surface area (Å²) in [5.41, 5.74) is 6.02. The third-order valence-electron chi connectivity index (χ3n) is 2.66. The molecular formula is C14H22FN3OS. The summed E-state index contributed by atoms with van der Waals surface area (Å²) in [6, 6.07) is 4.19. The van der Waals surface area contributed by atoms with Crippen LogP contribution in [0.3, 0.4) is 0 Å². The van der Waals surface area contributed by atoms with E-state index >= 15 is 0 Å². The van der Waals surface area contributed by atoms with E-state index < -0.39 is 5.82 Å². The van der Waals surface area contributed by atoms with Crippen LogP contribution in [0.4, 0.5) is 15.8 Å². The molecule has 0 spiro atoms. The molecule has 0 fully saturated rings. The van der Waals surface area contributed by atoms with Crippen LogP contribution in [0.1, 0.15) is 12.8 Å². The number of nitrogens with one attached hydrogen (secondary N) is 1. The topological polar surface area (TPSA) is 58.4 Å². The Kier molecular flexibility index (Phi) is 7.40. The predicted octanol–water partition coefficient (Wildman–Crippen LogP) is 2.42. The minimum absolute atomic E-state index is 0.0436. The summed E-state index contributed by atoms with van der Waals surface area (Å²) >= 11 is 1.84. The minimum atomic E-state index is -0.472. The smallest absolute Gasteiger partial charge is 0.224 e. The van der Waals surface area contributed by atoms with E-state index in [9.17, 15) is 9.18 Å². The van der Waals surface area contributed by atoms with E-state index in [0.717, 1.165) is 24.5 Å². The number of nitrogens with two attached hydrogens (primary N) is 1. The van der Waals surface area contributed by atoms with Crippen LogP contribution in [0.15, 0.2) is 18.2 Å². The molecule has 0 bridgehead atoms. The van der Waals surface area contributed by atoms with Crippen LogP contribution < -0.4 is 11.1 Å². The Hall–Kier alpha value is -1.27. The predicted molar refractivity (Wildman–Crippen MR) is 84.6 cm³/mol. The molecule has 6 heteroatoms. The lowest BCUT2D eigenvalue weighted by Crippen LogP contribution is -2.15. The van der Waals surface area contributed by atoms with Gasteiger partial charge in [0.25, 0.3) is 0 Å². The van der Waals surface area contributed by atoms with Gasteiger partial charge < -0.3 is 16.0 Å². The molecule has 0 saturated carbocycles. The van der Waals surface area contributed by atoms with Crippen molar-refractivity contribution in [2.45, 2.75) is 12.8 Å². The maximum Gasteiger partial charge on any atom is 0.224 e. The Balaban J connectivity index is 2.18. The number of thioether (sulfide) groups is 1. The SMILES string of the molecule is CN(C)CCSCCCC(=O)Nc1ccc(F)c(N)c1. The number of anilines is 2. The van der Waals surface area contributed by atoms with Crippen molar-refractivity contribution in [3.05, 3.63) is 24.0 Å². The highest BCUT2D eigenvalue weighted by Crippen LogP contribution is 2.16. The molecule has 1 aromatic rings. The maximum absolute atomic E-state index is 13.0. The quantitative estimate of drug-likeness (QED) is 0.572. The van der Waals surface area contributed by atoms with Gasteiger partial charge in [-0.2, -0.15) is 11.8 Å². The standard InChI is InChI=1S/C14H22FN3OS/c1-18(2)7-9-20-8-3-4-14(19)17-11-5-6-12(15)13(16)10-11/h5-6,10H,3-4,7-9,16H2,1-2H3,(H,17,19). The van der Waals surface area contributed by atoms with Crippen molar-refractivity contribution >= 4 is 29.0 Å². The highest BCUT2D eigenvalue weighted by Gasteiger charge is 2.04. The monoisotopic (exact) mass is 299 g/mol. The molecule has 0 aliphatic carbocycles. The van der Waals surface area contributed by atoms with E-state index in [0.29, 0.717) is 12.1 Å². The lowest BCUT2D eigenvalue weighted by molar-refractivity contribution is -0.116. The third kappa shape index (κ3) is 6.77. The molecule has 0 aromatic heterocycles. The van der Waals surface area contributed by atoms with Gasteiger partial charge in [-0.25, -0.2) is 4.39 Å². The summed E-state index contributed by atoms with van der Waals surface area (Å²) < 4.78 is 13.0. The minimum Gasteiger partial charge on any atom is -0.396 e. The molecular weight excluding hydrogens is 277 g/mol. The number of nitrogens with zero attached hydrogens (tertiary/aromatic N) is 1. The van der Waals surface area contributed by atoms with Crippen LogP contribution in [-0.4, -0.2) is 43.0 Å². The Morgan fingerprint density at radius 1 is 1.40 bits per heavy atom. The molecule has 1 amide bonds. The van der Waals surface area contributed by atoms with E-state index in [2.05, 4.69) is 10.2 Å². The van der Waals surface area contributed by atoms with Gasteiger partial charge in [0.15, 0.2) is 0 Å². The molecule has 1 rings (SSSR count). The van der Waals surface area contributed by atoms with Gasteiger partial charge in [-0.3, -0.25) is 4.79 Å². The molecule has 0 heterocycles. The van der Waals surface area contributed by atoms with Gasteiger partial charge >= 0.3 is 0 Å². The molecule has 0 aliphatic rings. The Labute approximate surface area is 123 Å². The number of halogens is 1. The van der Waals surface area contributed by atoms with Crippen LogP contribution in [-0.2, 0) is 4.79 Å². The van der Waals surface area contributed by atoms with Gasteiger partial charge in [0, 0.05) is 24.4 Å². The molecule has 1 aromatic carbocycles. The molecule has 0 unspecified atom stereocenters. The van der Waals surface area contributed by atoms with Gasteiger partial charge in [0.1, 0.15) is 5.82 Å². The van der Waals surface area contributed by atoms with E-state index in [-0.39, 0.29) is 11.6 Å². The summed E-state index contributed by atoms with van der Waals surface area (Å²) in [7, 11) is 4.09. The Morgan fingerprint density at radius 2 is 2.15 bits per heavy atom. The van der Waals surface area contributed by atoms with Crippen LogP contribution >= 0.6 is 11.8 Å². The summed E-state index contributed by atoms with van der Waals surface area (Å²) in [5, 5.41) is 2.72. The molecule has 0 aliphatic heterocycles. The van der Waals surface area contributed by atoms with Gasteiger partial charge in [-0.05, 0) is 44.5 Å². The number of rotatable bonds is 8. The molecule has 20 heavy (non-hydrogen) atoms. The van der Waals surface area contributed by atoms with Gasteiger partial charge in [-0.15, -0.1) is 0 Å². The number of carbonyl (C=O) groups is 1. The molecule has 4 nitrogen and oxygen atoms in total. The summed E-state index contributed by atoms with van der Waals surface area (Å²) in [5.74, 6) is 1.50. The number of hydrogen-bond acceptors (Lipinski definition) is 4. The fourth-order valence-electron chi connectivity index (χ4n) is 1.53. The highest BCUT2D eigenvalue weighted by atomic mass is 32.2. The fraction of sp³-hybridized carbons (Fsp3) is 0.500. The van der Waals surface area contributed by atoms with Crippen molar-refractivity contribution in [3.8, 4) is 0 Å². The summed E-state index contributed by atoms with van der Waals surface area (Å²) in [4.78, 5) is 13.8. The fourth-order valence-corrected chi connectivity index (χ4v) is 2.58. The lowest BCUT2D eigenvalue weighted by Gasteiger charge is -2.09. The third-order valence-corrected chi connectivity index (χ3v) is 3.70. The van der Waals surface area contributed by atoms with Crippen molar-refractivity contribution in [2.75, 3.05) is 43.2 Å². The van der Waals surface area contributed by atoms with Gasteiger partial charge in [0.05, 0.1) is 5.69 Å². The second kappa shape index (κ2) is 8.81. The van der Waals surface area contributed by atoms with Crippen LogP contribution in [0, 0.1) is 5.82 Å². The number of nitrogen functional groups attached to an aromatic ring is 1. The summed E-state index contributed by atoms with van der Waals surface area (Å²) in [6.07, 6.45) is 1.30.